The van der Waals surface area contributed by atoms with E-state index in [1.807, 2.05) is 6.07 Å². The second-order valence-corrected chi connectivity index (χ2v) is 8.43. The van der Waals surface area contributed by atoms with Gasteiger partial charge in [0.15, 0.2) is 11.5 Å². The Bertz CT molecular complexity index is 1360. The number of rotatable bonds is 6. The Morgan fingerprint density at radius 3 is 2.46 bits per heavy atom. The number of carbonyl (C=O) groups excluding carboxylic acids is 4. The van der Waals surface area contributed by atoms with Crippen LogP contribution in [-0.4, -0.2) is 48.6 Å². The molecule has 188 valence electrons. The third-order valence-corrected chi connectivity index (χ3v) is 6.06. The Hall–Kier alpha value is -4.86. The first-order chi connectivity index (χ1) is 17.9. The standard InChI is InChI=1S/C27H23N3O7/c1-35-20-10-7-18(8-11-20)26(33)30(28-24(31)13-17-5-3-2-4-6-17)21-15-25(32)29(27(21)34)19-9-12-22-23(14-19)37-16-36-22/h2-12,14,21H,13,15-16H2,1H3,(H,28,31). The lowest BCUT2D eigenvalue weighted by Gasteiger charge is -2.28. The number of benzene rings is 3. The van der Waals surface area contributed by atoms with Gasteiger partial charge in [-0.2, -0.15) is 0 Å². The second kappa shape index (κ2) is 10.0. The van der Waals surface area contributed by atoms with Crippen LogP contribution >= 0.6 is 0 Å². The van der Waals surface area contributed by atoms with Gasteiger partial charge in [-0.15, -0.1) is 0 Å². The molecule has 10 heteroatoms. The van der Waals surface area contributed by atoms with Crippen molar-refractivity contribution in [3.8, 4) is 17.2 Å². The first-order valence-corrected chi connectivity index (χ1v) is 11.5. The number of ether oxygens (including phenoxy) is 3. The van der Waals surface area contributed by atoms with Crippen LogP contribution in [0.25, 0.3) is 0 Å². The summed E-state index contributed by atoms with van der Waals surface area (Å²) in [5.41, 5.74) is 3.79. The Morgan fingerprint density at radius 1 is 1.00 bits per heavy atom. The average molecular weight is 501 g/mol. The van der Waals surface area contributed by atoms with Crippen LogP contribution in [0.15, 0.2) is 72.8 Å². The fourth-order valence-corrected chi connectivity index (χ4v) is 4.21. The fraction of sp³-hybridized carbons (Fsp3) is 0.185. The van der Waals surface area contributed by atoms with Crippen LogP contribution in [0, 0.1) is 0 Å². The molecule has 0 radical (unpaired) electrons. The van der Waals surface area contributed by atoms with Gasteiger partial charge in [0.05, 0.1) is 25.6 Å². The Labute approximate surface area is 212 Å². The van der Waals surface area contributed by atoms with Crippen molar-refractivity contribution in [2.45, 2.75) is 18.9 Å². The van der Waals surface area contributed by atoms with Crippen molar-refractivity contribution in [2.75, 3.05) is 18.8 Å². The molecular formula is C27H23N3O7. The summed E-state index contributed by atoms with van der Waals surface area (Å²) in [6.45, 7) is 0.0426. The topological polar surface area (TPSA) is 114 Å². The third kappa shape index (κ3) is 4.81. The number of anilines is 1. The number of fused-ring (bicyclic) bond motifs is 1. The summed E-state index contributed by atoms with van der Waals surface area (Å²) in [7, 11) is 1.50. The minimum absolute atomic E-state index is 0.0199. The number of hydrazine groups is 1. The predicted molar refractivity (Wildman–Crippen MR) is 131 cm³/mol. The van der Waals surface area contributed by atoms with Crippen molar-refractivity contribution < 1.29 is 33.4 Å². The first-order valence-electron chi connectivity index (χ1n) is 11.5. The van der Waals surface area contributed by atoms with E-state index in [1.165, 1.54) is 25.3 Å². The Balaban J connectivity index is 1.43. The molecule has 1 atom stereocenters. The maximum Gasteiger partial charge on any atom is 0.273 e. The quantitative estimate of drug-likeness (QED) is 0.408. The Morgan fingerprint density at radius 2 is 1.73 bits per heavy atom. The van der Waals surface area contributed by atoms with Crippen LogP contribution in [0.5, 0.6) is 17.2 Å². The van der Waals surface area contributed by atoms with E-state index in [1.54, 1.807) is 48.5 Å². The average Bonchev–Trinajstić information content (AvgIpc) is 3.50. The van der Waals surface area contributed by atoms with E-state index in [0.717, 1.165) is 15.5 Å². The maximum atomic E-state index is 13.5. The summed E-state index contributed by atoms with van der Waals surface area (Å²) >= 11 is 0. The predicted octanol–water partition coefficient (Wildman–Crippen LogP) is 2.47. The van der Waals surface area contributed by atoms with Crippen LogP contribution in [0.4, 0.5) is 5.69 Å². The highest BCUT2D eigenvalue weighted by Gasteiger charge is 2.45. The molecule has 10 nitrogen and oxygen atoms in total. The molecule has 1 unspecified atom stereocenters. The zero-order valence-electron chi connectivity index (χ0n) is 19.9. The molecule has 2 heterocycles. The van der Waals surface area contributed by atoms with Gasteiger partial charge in [0, 0.05) is 11.6 Å². The molecule has 0 bridgehead atoms. The maximum absolute atomic E-state index is 13.5. The van der Waals surface area contributed by atoms with Crippen LogP contribution in [-0.2, 0) is 20.8 Å². The van der Waals surface area contributed by atoms with Crippen LogP contribution in [0.1, 0.15) is 22.3 Å². The van der Waals surface area contributed by atoms with E-state index in [0.29, 0.717) is 17.2 Å². The minimum atomic E-state index is -1.24. The molecule has 0 spiro atoms. The zero-order valence-corrected chi connectivity index (χ0v) is 19.9. The monoisotopic (exact) mass is 501 g/mol. The molecule has 3 aromatic rings. The van der Waals surface area contributed by atoms with Gasteiger partial charge in [-0.1, -0.05) is 30.3 Å². The van der Waals surface area contributed by atoms with Crippen molar-refractivity contribution in [1.29, 1.82) is 0 Å². The number of carbonyl (C=O) groups is 4. The van der Waals surface area contributed by atoms with Crippen molar-refractivity contribution in [3.05, 3.63) is 83.9 Å². The lowest BCUT2D eigenvalue weighted by Crippen LogP contribution is -2.55. The van der Waals surface area contributed by atoms with Gasteiger partial charge in [0.25, 0.3) is 11.8 Å². The second-order valence-electron chi connectivity index (χ2n) is 8.43. The summed E-state index contributed by atoms with van der Waals surface area (Å²) in [4.78, 5) is 53.9. The SMILES string of the molecule is COc1ccc(C(=O)N(NC(=O)Cc2ccccc2)C2CC(=O)N(c3ccc4c(c3)OCO4)C2=O)cc1. The molecule has 2 aliphatic heterocycles. The normalized spacial score (nSPS) is 16.0. The van der Waals surface area contributed by atoms with Gasteiger partial charge in [-0.25, -0.2) is 9.91 Å². The van der Waals surface area contributed by atoms with E-state index < -0.39 is 29.7 Å². The highest BCUT2D eigenvalue weighted by molar-refractivity contribution is 6.23. The molecule has 0 aliphatic carbocycles. The molecular weight excluding hydrogens is 478 g/mol. The summed E-state index contributed by atoms with van der Waals surface area (Å²) < 4.78 is 15.8. The van der Waals surface area contributed by atoms with Crippen LogP contribution in [0.2, 0.25) is 0 Å². The van der Waals surface area contributed by atoms with E-state index in [-0.39, 0.29) is 30.9 Å². The minimum Gasteiger partial charge on any atom is -0.497 e. The van der Waals surface area contributed by atoms with Gasteiger partial charge in [-0.3, -0.25) is 24.6 Å². The summed E-state index contributed by atoms with van der Waals surface area (Å²) in [5, 5.41) is 0.945. The number of methoxy groups -OCH3 is 1. The molecule has 1 saturated heterocycles. The fourth-order valence-electron chi connectivity index (χ4n) is 4.21. The van der Waals surface area contributed by atoms with Crippen molar-refractivity contribution in [2.24, 2.45) is 0 Å². The molecule has 37 heavy (non-hydrogen) atoms. The highest BCUT2D eigenvalue weighted by atomic mass is 16.7. The molecule has 0 aromatic heterocycles. The molecule has 2 aliphatic rings. The van der Waals surface area contributed by atoms with Crippen LogP contribution in [0.3, 0.4) is 0 Å². The number of hydrogen-bond donors (Lipinski definition) is 1. The molecule has 5 rings (SSSR count). The van der Waals surface area contributed by atoms with Crippen molar-refractivity contribution in [1.82, 2.24) is 10.4 Å². The number of imide groups is 1. The largest absolute Gasteiger partial charge is 0.497 e. The van der Waals surface area contributed by atoms with E-state index in [2.05, 4.69) is 5.43 Å². The van der Waals surface area contributed by atoms with Gasteiger partial charge in [0.1, 0.15) is 11.8 Å². The molecule has 1 fully saturated rings. The summed E-state index contributed by atoms with van der Waals surface area (Å²) in [6, 6.07) is 18.7. The van der Waals surface area contributed by atoms with Crippen molar-refractivity contribution in [3.63, 3.8) is 0 Å². The van der Waals surface area contributed by atoms with Gasteiger partial charge < -0.3 is 14.2 Å². The van der Waals surface area contributed by atoms with Crippen molar-refractivity contribution >= 4 is 29.3 Å². The number of nitrogens with zero attached hydrogens (tertiary/aromatic N) is 2. The summed E-state index contributed by atoms with van der Waals surface area (Å²) in [6.07, 6.45) is -0.325. The summed E-state index contributed by atoms with van der Waals surface area (Å²) in [5.74, 6) is -0.855. The molecule has 3 aromatic carbocycles. The van der Waals surface area contributed by atoms with E-state index in [4.69, 9.17) is 14.2 Å². The lowest BCUT2D eigenvalue weighted by molar-refractivity contribution is -0.128. The van der Waals surface area contributed by atoms with Gasteiger partial charge in [-0.05, 0) is 42.0 Å². The number of hydrogen-bond acceptors (Lipinski definition) is 7. The zero-order chi connectivity index (χ0) is 25.9. The number of nitrogens with one attached hydrogen (secondary N) is 1. The Kier molecular flexibility index (Phi) is 6.46. The van der Waals surface area contributed by atoms with Crippen LogP contribution < -0.4 is 24.5 Å². The lowest BCUT2D eigenvalue weighted by atomic mass is 10.1. The number of amides is 4. The van der Waals surface area contributed by atoms with E-state index in [9.17, 15) is 19.2 Å². The first kappa shape index (κ1) is 23.9. The molecule has 4 amide bonds. The van der Waals surface area contributed by atoms with Gasteiger partial charge in [0.2, 0.25) is 18.6 Å². The van der Waals surface area contributed by atoms with E-state index >= 15 is 0 Å². The molecule has 1 N–H and O–H groups in total. The molecule has 0 saturated carbocycles. The third-order valence-electron chi connectivity index (χ3n) is 6.06. The smallest absolute Gasteiger partial charge is 0.273 e. The highest BCUT2D eigenvalue weighted by Crippen LogP contribution is 2.37. The van der Waals surface area contributed by atoms with Gasteiger partial charge >= 0.3 is 0 Å².